The minimum absolute atomic E-state index is 0.0608. The smallest absolute Gasteiger partial charge is 0.261 e. The van der Waals surface area contributed by atoms with Crippen LogP contribution in [-0.2, 0) is 4.79 Å². The summed E-state index contributed by atoms with van der Waals surface area (Å²) >= 11 is 0. The average molecular weight is 369 g/mol. The van der Waals surface area contributed by atoms with Crippen LogP contribution in [0.2, 0.25) is 0 Å². The van der Waals surface area contributed by atoms with Crippen molar-refractivity contribution in [2.45, 2.75) is 57.0 Å². The van der Waals surface area contributed by atoms with Gasteiger partial charge in [-0.2, -0.15) is 0 Å². The van der Waals surface area contributed by atoms with Gasteiger partial charge in [0.05, 0.1) is 17.2 Å². The van der Waals surface area contributed by atoms with Crippen LogP contribution >= 0.6 is 0 Å². The van der Waals surface area contributed by atoms with E-state index in [4.69, 9.17) is 0 Å². The van der Waals surface area contributed by atoms with Crippen molar-refractivity contribution in [2.75, 3.05) is 13.1 Å². The topological polar surface area (TPSA) is 78.5 Å². The lowest BCUT2D eigenvalue weighted by molar-refractivity contribution is -0.122. The zero-order valence-corrected chi connectivity index (χ0v) is 15.6. The molecule has 3 aliphatic rings. The van der Waals surface area contributed by atoms with Crippen molar-refractivity contribution >= 4 is 17.7 Å². The Kier molecular flexibility index (Phi) is 5.25. The minimum Gasteiger partial charge on any atom is -0.355 e. The van der Waals surface area contributed by atoms with Crippen LogP contribution < -0.4 is 10.6 Å². The molecule has 27 heavy (non-hydrogen) atoms. The molecule has 144 valence electrons. The van der Waals surface area contributed by atoms with Crippen molar-refractivity contribution in [1.29, 1.82) is 0 Å². The fourth-order valence-corrected chi connectivity index (χ4v) is 4.69. The summed E-state index contributed by atoms with van der Waals surface area (Å²) in [6.07, 6.45) is 7.37. The quantitative estimate of drug-likeness (QED) is 0.595. The number of nitrogens with zero attached hydrogens (tertiary/aromatic N) is 1. The summed E-state index contributed by atoms with van der Waals surface area (Å²) in [5, 5.41) is 6.50. The molecule has 3 unspecified atom stereocenters. The zero-order chi connectivity index (χ0) is 18.8. The first-order chi connectivity index (χ1) is 13.1. The standard InChI is InChI=1S/C21H27N3O3/c25-19(18-13-14-7-1-4-10-17(14)23-18)22-11-5-6-12-24-20(26)15-8-2-3-9-16(15)21(24)27/h2-3,8-9,14,17-18,23H,1,4-7,10-13H2,(H,22,25). The van der Waals surface area contributed by atoms with Crippen molar-refractivity contribution < 1.29 is 14.4 Å². The van der Waals surface area contributed by atoms with Crippen LogP contribution in [0.3, 0.4) is 0 Å². The molecule has 1 aliphatic carbocycles. The van der Waals surface area contributed by atoms with E-state index >= 15 is 0 Å². The minimum atomic E-state index is -0.211. The van der Waals surface area contributed by atoms with Gasteiger partial charge >= 0.3 is 0 Å². The maximum absolute atomic E-state index is 12.4. The maximum atomic E-state index is 12.4. The summed E-state index contributed by atoms with van der Waals surface area (Å²) < 4.78 is 0. The van der Waals surface area contributed by atoms with E-state index in [1.807, 2.05) is 0 Å². The van der Waals surface area contributed by atoms with Crippen molar-refractivity contribution in [3.8, 4) is 0 Å². The van der Waals surface area contributed by atoms with Gasteiger partial charge in [0.1, 0.15) is 0 Å². The molecule has 2 fully saturated rings. The number of carbonyl (C=O) groups is 3. The van der Waals surface area contributed by atoms with Crippen molar-refractivity contribution in [3.63, 3.8) is 0 Å². The number of rotatable bonds is 6. The lowest BCUT2D eigenvalue weighted by Crippen LogP contribution is -2.43. The number of amides is 3. The molecule has 1 aromatic carbocycles. The van der Waals surface area contributed by atoms with Gasteiger partial charge in [0, 0.05) is 19.1 Å². The number of fused-ring (bicyclic) bond motifs is 2. The molecule has 4 rings (SSSR count). The van der Waals surface area contributed by atoms with Gasteiger partial charge in [-0.15, -0.1) is 0 Å². The third-order valence-corrected chi connectivity index (χ3v) is 6.17. The second-order valence-corrected chi connectivity index (χ2v) is 7.91. The second kappa shape index (κ2) is 7.80. The number of carbonyl (C=O) groups excluding carboxylic acids is 3. The number of imide groups is 1. The molecular weight excluding hydrogens is 342 g/mol. The SMILES string of the molecule is O=C(NCCCCN1C(=O)c2ccccc2C1=O)C1CC2CCCCC2N1. The number of unbranched alkanes of at least 4 members (excludes halogenated alkanes) is 1. The van der Waals surface area contributed by atoms with E-state index in [1.165, 1.54) is 30.6 Å². The molecule has 2 heterocycles. The number of benzene rings is 1. The second-order valence-electron chi connectivity index (χ2n) is 7.91. The summed E-state index contributed by atoms with van der Waals surface area (Å²) in [5.41, 5.74) is 0.981. The van der Waals surface area contributed by atoms with E-state index in [0.717, 1.165) is 12.8 Å². The highest BCUT2D eigenvalue weighted by Crippen LogP contribution is 2.33. The Hall–Kier alpha value is -2.21. The number of hydrogen-bond acceptors (Lipinski definition) is 4. The third-order valence-electron chi connectivity index (χ3n) is 6.17. The Balaban J connectivity index is 1.18. The summed E-state index contributed by atoms with van der Waals surface area (Å²) in [7, 11) is 0. The highest BCUT2D eigenvalue weighted by Gasteiger charge is 2.38. The molecule has 3 atom stereocenters. The van der Waals surface area contributed by atoms with Crippen LogP contribution in [0.25, 0.3) is 0 Å². The van der Waals surface area contributed by atoms with Gasteiger partial charge in [-0.3, -0.25) is 19.3 Å². The summed E-state index contributed by atoms with van der Waals surface area (Å²) in [6, 6.07) is 7.40. The fraction of sp³-hybridized carbons (Fsp3) is 0.571. The lowest BCUT2D eigenvalue weighted by Gasteiger charge is -2.24. The van der Waals surface area contributed by atoms with Crippen LogP contribution in [0.5, 0.6) is 0 Å². The highest BCUT2D eigenvalue weighted by molar-refractivity contribution is 6.21. The molecule has 0 aromatic heterocycles. The average Bonchev–Trinajstić information content (AvgIpc) is 3.23. The van der Waals surface area contributed by atoms with Crippen LogP contribution in [0.1, 0.15) is 65.7 Å². The van der Waals surface area contributed by atoms with Gasteiger partial charge < -0.3 is 10.6 Å². The molecule has 3 amide bonds. The largest absolute Gasteiger partial charge is 0.355 e. The van der Waals surface area contributed by atoms with E-state index < -0.39 is 0 Å². The number of hydrogen-bond donors (Lipinski definition) is 2. The predicted molar refractivity (Wildman–Crippen MR) is 101 cm³/mol. The van der Waals surface area contributed by atoms with Gasteiger partial charge in [-0.05, 0) is 50.2 Å². The lowest BCUT2D eigenvalue weighted by atomic mass is 9.85. The van der Waals surface area contributed by atoms with Crippen LogP contribution in [-0.4, -0.2) is 47.8 Å². The fourth-order valence-electron chi connectivity index (χ4n) is 4.69. The summed E-state index contributed by atoms with van der Waals surface area (Å²) in [5.74, 6) is 0.322. The molecule has 2 aliphatic heterocycles. The Morgan fingerprint density at radius 1 is 1.07 bits per heavy atom. The van der Waals surface area contributed by atoms with Crippen LogP contribution in [0.4, 0.5) is 0 Å². The monoisotopic (exact) mass is 369 g/mol. The Morgan fingerprint density at radius 3 is 2.48 bits per heavy atom. The van der Waals surface area contributed by atoms with Crippen LogP contribution in [0.15, 0.2) is 24.3 Å². The predicted octanol–water partition coefficient (Wildman–Crippen LogP) is 2.10. The zero-order valence-electron chi connectivity index (χ0n) is 15.6. The normalized spacial score (nSPS) is 26.8. The molecule has 1 saturated carbocycles. The van der Waals surface area contributed by atoms with E-state index in [9.17, 15) is 14.4 Å². The van der Waals surface area contributed by atoms with Crippen molar-refractivity contribution in [3.05, 3.63) is 35.4 Å². The first kappa shape index (κ1) is 18.2. The molecule has 2 N–H and O–H groups in total. The van der Waals surface area contributed by atoms with Gasteiger partial charge in [0.2, 0.25) is 5.91 Å². The van der Waals surface area contributed by atoms with E-state index in [0.29, 0.717) is 42.6 Å². The Labute approximate surface area is 159 Å². The highest BCUT2D eigenvalue weighted by atomic mass is 16.2. The molecule has 6 heteroatoms. The van der Waals surface area contributed by atoms with Crippen molar-refractivity contribution in [1.82, 2.24) is 15.5 Å². The first-order valence-corrected chi connectivity index (χ1v) is 10.1. The Morgan fingerprint density at radius 2 is 1.78 bits per heavy atom. The van der Waals surface area contributed by atoms with Gasteiger partial charge in [0.15, 0.2) is 0 Å². The summed E-state index contributed by atoms with van der Waals surface area (Å²) in [4.78, 5) is 38.3. The van der Waals surface area contributed by atoms with E-state index in [1.54, 1.807) is 24.3 Å². The van der Waals surface area contributed by atoms with Gasteiger partial charge in [0.25, 0.3) is 11.8 Å². The third kappa shape index (κ3) is 3.63. The molecule has 0 spiro atoms. The molecule has 0 radical (unpaired) electrons. The van der Waals surface area contributed by atoms with Gasteiger partial charge in [-0.25, -0.2) is 0 Å². The summed E-state index contributed by atoms with van der Waals surface area (Å²) in [6.45, 7) is 0.976. The first-order valence-electron chi connectivity index (χ1n) is 10.1. The molecular formula is C21H27N3O3. The van der Waals surface area contributed by atoms with E-state index in [2.05, 4.69) is 10.6 Å². The van der Waals surface area contributed by atoms with E-state index in [-0.39, 0.29) is 23.8 Å². The maximum Gasteiger partial charge on any atom is 0.261 e. The molecule has 1 saturated heterocycles. The van der Waals surface area contributed by atoms with Gasteiger partial charge in [-0.1, -0.05) is 25.0 Å². The Bertz CT molecular complexity index is 699. The van der Waals surface area contributed by atoms with Crippen molar-refractivity contribution in [2.24, 2.45) is 5.92 Å². The molecule has 6 nitrogen and oxygen atoms in total. The molecule has 0 bridgehead atoms. The molecule has 1 aromatic rings. The number of nitrogens with one attached hydrogen (secondary N) is 2. The van der Waals surface area contributed by atoms with Crippen LogP contribution in [0, 0.1) is 5.92 Å².